The molecule has 0 aliphatic carbocycles. The van der Waals surface area contributed by atoms with Gasteiger partial charge < -0.3 is 14.8 Å². The van der Waals surface area contributed by atoms with Crippen molar-refractivity contribution in [3.63, 3.8) is 0 Å². The van der Waals surface area contributed by atoms with Crippen LogP contribution < -0.4 is 10.1 Å². The van der Waals surface area contributed by atoms with Crippen LogP contribution in [0.25, 0.3) is 0 Å². The van der Waals surface area contributed by atoms with Crippen molar-refractivity contribution in [1.82, 2.24) is 5.32 Å². The molecule has 0 aliphatic heterocycles. The van der Waals surface area contributed by atoms with E-state index in [0.29, 0.717) is 17.3 Å². The summed E-state index contributed by atoms with van der Waals surface area (Å²) in [6.45, 7) is 9.51. The van der Waals surface area contributed by atoms with Gasteiger partial charge in [0.05, 0.1) is 6.54 Å². The lowest BCUT2D eigenvalue weighted by molar-refractivity contribution is 0.0443. The molecule has 21 heavy (non-hydrogen) atoms. The van der Waals surface area contributed by atoms with E-state index in [4.69, 9.17) is 21.1 Å². The first-order valence-electron chi connectivity index (χ1n) is 6.59. The fraction of sp³-hybridized carbons (Fsp3) is 0.533. The van der Waals surface area contributed by atoms with Crippen LogP contribution in [-0.4, -0.2) is 23.8 Å². The van der Waals surface area contributed by atoms with Gasteiger partial charge in [0.2, 0.25) is 0 Å². The number of carbonyl (C=O) groups excluding carboxylic acids is 1. The van der Waals surface area contributed by atoms with Gasteiger partial charge in [0, 0.05) is 9.50 Å². The van der Waals surface area contributed by atoms with Crippen molar-refractivity contribution in [2.24, 2.45) is 0 Å². The predicted octanol–water partition coefficient (Wildman–Crippen LogP) is 4.78. The van der Waals surface area contributed by atoms with Gasteiger partial charge in [0.25, 0.3) is 0 Å². The van der Waals surface area contributed by atoms with Crippen LogP contribution in [0.4, 0.5) is 4.79 Å². The number of alkyl carbamates (subject to hydrolysis) is 1. The van der Waals surface area contributed by atoms with Crippen LogP contribution in [0.5, 0.6) is 5.75 Å². The number of hydrogen-bond donors (Lipinski definition) is 1. The molecule has 0 spiro atoms. The minimum atomic E-state index is -0.596. The second-order valence-electron chi connectivity index (χ2n) is 6.32. The molecule has 0 saturated heterocycles. The molecule has 6 heteroatoms. The van der Waals surface area contributed by atoms with Crippen LogP contribution in [0.15, 0.2) is 22.7 Å². The van der Waals surface area contributed by atoms with Gasteiger partial charge >= 0.3 is 6.09 Å². The Labute approximate surface area is 139 Å². The van der Waals surface area contributed by atoms with Gasteiger partial charge in [-0.25, -0.2) is 4.79 Å². The Hall–Kier alpha value is -0.940. The summed E-state index contributed by atoms with van der Waals surface area (Å²) in [6, 6.07) is 5.32. The van der Waals surface area contributed by atoms with E-state index in [1.165, 1.54) is 0 Å². The zero-order chi connectivity index (χ0) is 16.3. The topological polar surface area (TPSA) is 47.6 Å². The highest BCUT2D eigenvalue weighted by atomic mass is 79.9. The van der Waals surface area contributed by atoms with E-state index in [0.717, 1.165) is 4.47 Å². The Bertz CT molecular complexity index is 492. The number of benzene rings is 1. The summed E-state index contributed by atoms with van der Waals surface area (Å²) >= 11 is 9.34. The van der Waals surface area contributed by atoms with E-state index < -0.39 is 17.3 Å². The van der Waals surface area contributed by atoms with Gasteiger partial charge in [0.1, 0.15) is 17.0 Å². The van der Waals surface area contributed by atoms with E-state index in [1.807, 2.05) is 40.7 Å². The molecule has 1 aromatic rings. The highest BCUT2D eigenvalue weighted by Gasteiger charge is 2.23. The van der Waals surface area contributed by atoms with E-state index in [9.17, 15) is 4.79 Å². The highest BCUT2D eigenvalue weighted by Crippen LogP contribution is 2.27. The maximum Gasteiger partial charge on any atom is 0.407 e. The summed E-state index contributed by atoms with van der Waals surface area (Å²) in [7, 11) is 0. The Morgan fingerprint density at radius 3 is 2.38 bits per heavy atom. The number of rotatable bonds is 4. The molecule has 0 atom stereocenters. The Morgan fingerprint density at radius 2 is 1.86 bits per heavy atom. The van der Waals surface area contributed by atoms with Gasteiger partial charge in [-0.05, 0) is 52.8 Å². The number of hydrogen-bond acceptors (Lipinski definition) is 3. The van der Waals surface area contributed by atoms with Crippen molar-refractivity contribution in [2.45, 2.75) is 45.8 Å². The molecular formula is C15H21BrClNO3. The zero-order valence-electron chi connectivity index (χ0n) is 12.9. The molecule has 0 heterocycles. The summed E-state index contributed by atoms with van der Waals surface area (Å²) < 4.78 is 11.9. The van der Waals surface area contributed by atoms with Crippen molar-refractivity contribution < 1.29 is 14.3 Å². The summed E-state index contributed by atoms with van der Waals surface area (Å²) in [6.07, 6.45) is -0.466. The third-order valence-corrected chi connectivity index (χ3v) is 2.96. The fourth-order valence-corrected chi connectivity index (χ4v) is 2.37. The minimum Gasteiger partial charge on any atom is -0.486 e. The molecule has 118 valence electrons. The number of ether oxygens (including phenoxy) is 2. The first-order valence-corrected chi connectivity index (χ1v) is 7.76. The normalized spacial score (nSPS) is 12.0. The largest absolute Gasteiger partial charge is 0.486 e. The van der Waals surface area contributed by atoms with Gasteiger partial charge in [-0.2, -0.15) is 0 Å². The van der Waals surface area contributed by atoms with Crippen LogP contribution in [0.2, 0.25) is 5.02 Å². The van der Waals surface area contributed by atoms with Crippen molar-refractivity contribution >= 4 is 33.6 Å². The van der Waals surface area contributed by atoms with Crippen LogP contribution in [0, 0.1) is 0 Å². The lowest BCUT2D eigenvalue weighted by atomic mass is 10.1. The van der Waals surface area contributed by atoms with Gasteiger partial charge in [-0.15, -0.1) is 0 Å². The van der Waals surface area contributed by atoms with E-state index in [1.54, 1.807) is 12.1 Å². The maximum absolute atomic E-state index is 11.6. The first kappa shape index (κ1) is 18.1. The summed E-state index contributed by atoms with van der Waals surface area (Å²) in [5.41, 5.74) is -1.12. The lowest BCUT2D eigenvalue weighted by Crippen LogP contribution is -2.44. The van der Waals surface area contributed by atoms with Crippen molar-refractivity contribution in [3.8, 4) is 5.75 Å². The molecule has 1 aromatic carbocycles. The second-order valence-corrected chi connectivity index (χ2v) is 7.67. The predicted molar refractivity (Wildman–Crippen MR) is 88.1 cm³/mol. The summed E-state index contributed by atoms with van der Waals surface area (Å²) in [5, 5.41) is 3.28. The molecule has 1 amide bonds. The van der Waals surface area contributed by atoms with Gasteiger partial charge in [-0.1, -0.05) is 27.5 Å². The fourth-order valence-electron chi connectivity index (χ4n) is 1.54. The summed E-state index contributed by atoms with van der Waals surface area (Å²) in [4.78, 5) is 11.6. The summed E-state index contributed by atoms with van der Waals surface area (Å²) in [5.74, 6) is 0.630. The Balaban J connectivity index is 2.59. The number of carbonyl (C=O) groups is 1. The lowest BCUT2D eigenvalue weighted by Gasteiger charge is -2.28. The monoisotopic (exact) mass is 377 g/mol. The third kappa shape index (κ3) is 7.58. The van der Waals surface area contributed by atoms with Crippen LogP contribution in [0.1, 0.15) is 34.6 Å². The average Bonchev–Trinajstić information content (AvgIpc) is 2.22. The number of nitrogens with one attached hydrogen (secondary N) is 1. The van der Waals surface area contributed by atoms with Crippen molar-refractivity contribution in [1.29, 1.82) is 0 Å². The average molecular weight is 379 g/mol. The molecule has 4 nitrogen and oxygen atoms in total. The van der Waals surface area contributed by atoms with E-state index >= 15 is 0 Å². The van der Waals surface area contributed by atoms with Crippen molar-refractivity contribution in [3.05, 3.63) is 27.7 Å². The molecule has 0 aliphatic rings. The molecule has 0 radical (unpaired) electrons. The van der Waals surface area contributed by atoms with Crippen LogP contribution in [-0.2, 0) is 4.74 Å². The minimum absolute atomic E-state index is 0.312. The van der Waals surface area contributed by atoms with Crippen LogP contribution in [0.3, 0.4) is 0 Å². The maximum atomic E-state index is 11.6. The molecule has 0 bridgehead atoms. The smallest absolute Gasteiger partial charge is 0.407 e. The quantitative estimate of drug-likeness (QED) is 0.820. The Morgan fingerprint density at radius 1 is 1.24 bits per heavy atom. The standard InChI is InChI=1S/C15H21BrClNO3/c1-14(2,3)21-13(19)18-9-15(4,5)20-12-7-10(16)6-11(17)8-12/h6-8H,9H2,1-5H3,(H,18,19). The molecule has 0 unspecified atom stereocenters. The zero-order valence-corrected chi connectivity index (χ0v) is 15.3. The Kier molecular flexibility index (Phi) is 5.93. The third-order valence-electron chi connectivity index (χ3n) is 2.29. The SMILES string of the molecule is CC(C)(C)OC(=O)NCC(C)(C)Oc1cc(Cl)cc(Br)c1. The molecule has 0 aromatic heterocycles. The van der Waals surface area contributed by atoms with Crippen molar-refractivity contribution in [2.75, 3.05) is 6.54 Å². The molecule has 0 saturated carbocycles. The van der Waals surface area contributed by atoms with Crippen LogP contribution >= 0.6 is 27.5 Å². The van der Waals surface area contributed by atoms with Gasteiger partial charge in [0.15, 0.2) is 0 Å². The van der Waals surface area contributed by atoms with E-state index in [-0.39, 0.29) is 0 Å². The first-order chi connectivity index (χ1) is 9.47. The second kappa shape index (κ2) is 6.88. The molecule has 1 N–H and O–H groups in total. The number of halogens is 2. The molecule has 0 fully saturated rings. The van der Waals surface area contributed by atoms with E-state index in [2.05, 4.69) is 21.2 Å². The highest BCUT2D eigenvalue weighted by molar-refractivity contribution is 9.10. The van der Waals surface area contributed by atoms with Gasteiger partial charge in [-0.3, -0.25) is 0 Å². The number of amides is 1. The molecular weight excluding hydrogens is 358 g/mol. The molecule has 1 rings (SSSR count).